The zero-order chi connectivity index (χ0) is 20.5. The third kappa shape index (κ3) is 7.23. The second kappa shape index (κ2) is 11.2. The third-order valence-corrected chi connectivity index (χ3v) is 5.46. The van der Waals surface area contributed by atoms with Crippen LogP contribution in [0.5, 0.6) is 0 Å². The second-order valence-electron chi connectivity index (χ2n) is 6.79. The summed E-state index contributed by atoms with van der Waals surface area (Å²) in [4.78, 5) is 25.0. The topological polar surface area (TPSA) is 81.7 Å². The van der Waals surface area contributed by atoms with Gasteiger partial charge in [0.05, 0.1) is 5.02 Å². The van der Waals surface area contributed by atoms with E-state index in [1.807, 2.05) is 0 Å². The van der Waals surface area contributed by atoms with Gasteiger partial charge in [-0.05, 0) is 50.0 Å². The molecule has 3 N–H and O–H groups in total. The van der Waals surface area contributed by atoms with Crippen LogP contribution in [0.3, 0.4) is 0 Å². The normalized spacial score (nSPS) is 16.0. The number of halogens is 2. The van der Waals surface area contributed by atoms with E-state index in [0.29, 0.717) is 16.5 Å². The van der Waals surface area contributed by atoms with Crippen molar-refractivity contribution in [3.8, 4) is 11.8 Å². The summed E-state index contributed by atoms with van der Waals surface area (Å²) in [5.74, 6) is 6.19. The molecular formula is C20H25Cl2N3O3. The number of hydrogen-bond donors (Lipinski definition) is 3. The van der Waals surface area contributed by atoms with Crippen LogP contribution in [-0.4, -0.2) is 54.7 Å². The Bertz CT molecular complexity index is 753. The average molecular weight is 426 g/mol. The molecule has 1 saturated heterocycles. The molecule has 6 nitrogen and oxygen atoms in total. The van der Waals surface area contributed by atoms with Gasteiger partial charge in [0.25, 0.3) is 0 Å². The monoisotopic (exact) mass is 425 g/mol. The number of carbonyl (C=O) groups is 2. The fraction of sp³-hybridized carbons (Fsp3) is 0.500. The molecule has 2 rings (SSSR count). The molecule has 0 aromatic heterocycles. The van der Waals surface area contributed by atoms with Crippen LogP contribution in [0, 0.1) is 17.8 Å². The highest BCUT2D eigenvalue weighted by Gasteiger charge is 2.29. The number of hydrogen-bond acceptors (Lipinski definition) is 3. The molecule has 1 unspecified atom stereocenters. The van der Waals surface area contributed by atoms with Gasteiger partial charge >= 0.3 is 6.09 Å². The number of carboxylic acid groups (broad SMARTS) is 1. The minimum Gasteiger partial charge on any atom is -0.465 e. The van der Waals surface area contributed by atoms with Gasteiger partial charge in [0, 0.05) is 43.1 Å². The highest BCUT2D eigenvalue weighted by Crippen LogP contribution is 2.23. The lowest BCUT2D eigenvalue weighted by molar-refractivity contribution is -0.121. The van der Waals surface area contributed by atoms with Gasteiger partial charge in [0.1, 0.15) is 0 Å². The van der Waals surface area contributed by atoms with Gasteiger partial charge < -0.3 is 20.6 Å². The van der Waals surface area contributed by atoms with Crippen LogP contribution in [0.2, 0.25) is 10.0 Å². The molecule has 1 aliphatic rings. The molecule has 28 heavy (non-hydrogen) atoms. The van der Waals surface area contributed by atoms with E-state index >= 15 is 0 Å². The van der Waals surface area contributed by atoms with Gasteiger partial charge in [-0.25, -0.2) is 4.79 Å². The summed E-state index contributed by atoms with van der Waals surface area (Å²) in [6, 6.07) is 4.86. The Hall–Kier alpha value is -1.94. The molecule has 0 radical (unpaired) electrons. The number of carbonyl (C=O) groups excluding carboxylic acids is 1. The standard InChI is InChI=1S/C20H25Cl2N3O3/c1-23-19(26)13-18(24-20(27)28)14-7-10-25(11-8-14)9-3-2-4-15-12-16(21)5-6-17(15)22/h5-6,12,14,18,24H,3,7-11,13H2,1H3,(H,23,26)(H,27,28). The number of nitrogens with zero attached hydrogens (tertiary/aromatic N) is 1. The van der Waals surface area contributed by atoms with E-state index in [1.165, 1.54) is 0 Å². The number of likely N-dealkylation sites (tertiary alicyclic amines) is 1. The molecule has 1 heterocycles. The molecule has 0 bridgehead atoms. The SMILES string of the molecule is CNC(=O)CC(NC(=O)O)C1CCN(CCC#Cc2cc(Cl)ccc2Cl)CC1. The highest BCUT2D eigenvalue weighted by atomic mass is 35.5. The fourth-order valence-electron chi connectivity index (χ4n) is 3.34. The minimum absolute atomic E-state index is 0.154. The van der Waals surface area contributed by atoms with E-state index in [9.17, 15) is 9.59 Å². The van der Waals surface area contributed by atoms with Crippen molar-refractivity contribution >= 4 is 35.2 Å². The summed E-state index contributed by atoms with van der Waals surface area (Å²) < 4.78 is 0. The molecule has 8 heteroatoms. The van der Waals surface area contributed by atoms with E-state index in [-0.39, 0.29) is 24.3 Å². The summed E-state index contributed by atoms with van der Waals surface area (Å²) in [5.41, 5.74) is 0.727. The molecular weight excluding hydrogens is 401 g/mol. The Morgan fingerprint density at radius 1 is 1.32 bits per heavy atom. The minimum atomic E-state index is -1.09. The molecule has 1 fully saturated rings. The molecule has 0 spiro atoms. The molecule has 1 aromatic rings. The molecule has 0 aliphatic carbocycles. The van der Waals surface area contributed by atoms with Crippen LogP contribution in [0.25, 0.3) is 0 Å². The van der Waals surface area contributed by atoms with Crippen molar-refractivity contribution in [1.82, 2.24) is 15.5 Å². The maximum atomic E-state index is 11.7. The molecule has 2 amide bonds. The van der Waals surface area contributed by atoms with Crippen molar-refractivity contribution in [2.75, 3.05) is 26.7 Å². The highest BCUT2D eigenvalue weighted by molar-refractivity contribution is 6.33. The quantitative estimate of drug-likeness (QED) is 0.611. The number of amides is 2. The van der Waals surface area contributed by atoms with E-state index < -0.39 is 6.09 Å². The summed E-state index contributed by atoms with van der Waals surface area (Å²) >= 11 is 12.1. The molecule has 1 atom stereocenters. The zero-order valence-electron chi connectivity index (χ0n) is 15.8. The van der Waals surface area contributed by atoms with E-state index in [0.717, 1.165) is 38.0 Å². The van der Waals surface area contributed by atoms with Crippen molar-refractivity contribution in [2.45, 2.75) is 31.7 Å². The van der Waals surface area contributed by atoms with Gasteiger partial charge in [-0.2, -0.15) is 0 Å². The van der Waals surface area contributed by atoms with Gasteiger partial charge in [0.2, 0.25) is 5.91 Å². The number of rotatable bonds is 6. The lowest BCUT2D eigenvalue weighted by atomic mass is 9.87. The van der Waals surface area contributed by atoms with E-state index in [4.69, 9.17) is 28.3 Å². The van der Waals surface area contributed by atoms with Crippen LogP contribution in [0.15, 0.2) is 18.2 Å². The molecule has 0 saturated carbocycles. The van der Waals surface area contributed by atoms with Crippen LogP contribution in [0.1, 0.15) is 31.2 Å². The van der Waals surface area contributed by atoms with Gasteiger partial charge in [-0.3, -0.25) is 4.79 Å². The second-order valence-corrected chi connectivity index (χ2v) is 7.63. The average Bonchev–Trinajstić information content (AvgIpc) is 2.67. The predicted molar refractivity (Wildman–Crippen MR) is 111 cm³/mol. The largest absolute Gasteiger partial charge is 0.465 e. The lowest BCUT2D eigenvalue weighted by Crippen LogP contribution is -2.47. The molecule has 1 aliphatic heterocycles. The number of nitrogens with one attached hydrogen (secondary N) is 2. The van der Waals surface area contributed by atoms with E-state index in [1.54, 1.807) is 25.2 Å². The number of piperidine rings is 1. The lowest BCUT2D eigenvalue weighted by Gasteiger charge is -2.35. The maximum Gasteiger partial charge on any atom is 0.404 e. The van der Waals surface area contributed by atoms with Gasteiger partial charge in [-0.15, -0.1) is 0 Å². The van der Waals surface area contributed by atoms with E-state index in [2.05, 4.69) is 27.4 Å². The Balaban J connectivity index is 1.81. The van der Waals surface area contributed by atoms with Crippen molar-refractivity contribution < 1.29 is 14.7 Å². The van der Waals surface area contributed by atoms with Gasteiger partial charge in [0.15, 0.2) is 0 Å². The van der Waals surface area contributed by atoms with Gasteiger partial charge in [-0.1, -0.05) is 35.0 Å². The van der Waals surface area contributed by atoms with Crippen LogP contribution in [0.4, 0.5) is 4.79 Å². The summed E-state index contributed by atoms with van der Waals surface area (Å²) in [6.45, 7) is 2.55. The Morgan fingerprint density at radius 2 is 2.04 bits per heavy atom. The van der Waals surface area contributed by atoms with Crippen molar-refractivity contribution in [3.05, 3.63) is 33.8 Å². The Kier molecular flexibility index (Phi) is 8.91. The third-order valence-electron chi connectivity index (χ3n) is 4.90. The first kappa shape index (κ1) is 22.4. The first-order chi connectivity index (χ1) is 13.4. The van der Waals surface area contributed by atoms with Crippen LogP contribution in [-0.2, 0) is 4.79 Å². The van der Waals surface area contributed by atoms with Crippen molar-refractivity contribution in [2.24, 2.45) is 5.92 Å². The molecule has 152 valence electrons. The predicted octanol–water partition coefficient (Wildman–Crippen LogP) is 3.22. The smallest absolute Gasteiger partial charge is 0.404 e. The summed E-state index contributed by atoms with van der Waals surface area (Å²) in [7, 11) is 1.56. The van der Waals surface area contributed by atoms with Crippen LogP contribution < -0.4 is 10.6 Å². The first-order valence-corrected chi connectivity index (χ1v) is 10.0. The number of benzene rings is 1. The fourth-order valence-corrected chi connectivity index (χ4v) is 3.68. The van der Waals surface area contributed by atoms with Crippen LogP contribution >= 0.6 is 23.2 Å². The van der Waals surface area contributed by atoms with Crippen molar-refractivity contribution in [3.63, 3.8) is 0 Å². The summed E-state index contributed by atoms with van der Waals surface area (Å²) in [6.07, 6.45) is 1.47. The Labute approximate surface area is 175 Å². The maximum absolute atomic E-state index is 11.7. The zero-order valence-corrected chi connectivity index (χ0v) is 17.3. The summed E-state index contributed by atoms with van der Waals surface area (Å²) in [5, 5.41) is 15.3. The molecule has 1 aromatic carbocycles. The first-order valence-electron chi connectivity index (χ1n) is 9.25. The van der Waals surface area contributed by atoms with Crippen molar-refractivity contribution in [1.29, 1.82) is 0 Å². The Morgan fingerprint density at radius 3 is 2.68 bits per heavy atom.